The molecule has 3 nitrogen and oxygen atoms in total. The van der Waals surface area contributed by atoms with Crippen LogP contribution in [0.1, 0.15) is 30.4 Å². The van der Waals surface area contributed by atoms with Gasteiger partial charge < -0.3 is 10.2 Å². The highest BCUT2D eigenvalue weighted by molar-refractivity contribution is 5.85. The number of hydrogen-bond donors (Lipinski definition) is 1. The van der Waals surface area contributed by atoms with E-state index in [4.69, 9.17) is 0 Å². The molecule has 0 saturated heterocycles. The van der Waals surface area contributed by atoms with Crippen LogP contribution < -0.4 is 5.32 Å². The van der Waals surface area contributed by atoms with Gasteiger partial charge in [0.05, 0.1) is 6.54 Å². The minimum absolute atomic E-state index is 0. The molecule has 1 fully saturated rings. The lowest BCUT2D eigenvalue weighted by molar-refractivity contribution is -0.131. The molecule has 2 aliphatic rings. The highest BCUT2D eigenvalue weighted by Gasteiger charge is 2.25. The lowest BCUT2D eigenvalue weighted by atomic mass is 9.87. The first-order valence-corrected chi connectivity index (χ1v) is 7.77. The molecule has 2 aliphatic carbocycles. The molecule has 0 radical (unpaired) electrons. The number of aryl methyl sites for hydroxylation is 1. The van der Waals surface area contributed by atoms with E-state index >= 15 is 0 Å². The summed E-state index contributed by atoms with van der Waals surface area (Å²) in [5.41, 5.74) is 2.87. The van der Waals surface area contributed by atoms with Gasteiger partial charge in [-0.3, -0.25) is 4.79 Å². The Kier molecular flexibility index (Phi) is 5.65. The van der Waals surface area contributed by atoms with E-state index in [2.05, 4.69) is 29.6 Å². The standard InChI is InChI=1S/C17H24N2O.ClH/c1-19(17(20)12-18-11-13-6-7-13)16-9-8-14-4-2-3-5-15(14)10-16;/h2-5,13,16,18H,6-12H2,1H3;1H. The van der Waals surface area contributed by atoms with Gasteiger partial charge in [0.2, 0.25) is 5.91 Å². The van der Waals surface area contributed by atoms with Gasteiger partial charge in [0.25, 0.3) is 0 Å². The molecular weight excluding hydrogens is 284 g/mol. The number of fused-ring (bicyclic) bond motifs is 1. The van der Waals surface area contributed by atoms with Crippen LogP contribution in [0.4, 0.5) is 0 Å². The Morgan fingerprint density at radius 1 is 1.24 bits per heavy atom. The van der Waals surface area contributed by atoms with Crippen LogP contribution in [0.3, 0.4) is 0 Å². The summed E-state index contributed by atoms with van der Waals surface area (Å²) in [7, 11) is 1.96. The topological polar surface area (TPSA) is 32.3 Å². The Morgan fingerprint density at radius 3 is 2.67 bits per heavy atom. The fourth-order valence-electron chi connectivity index (χ4n) is 3.04. The van der Waals surface area contributed by atoms with Gasteiger partial charge in [-0.25, -0.2) is 0 Å². The molecule has 21 heavy (non-hydrogen) atoms. The minimum Gasteiger partial charge on any atom is -0.341 e. The van der Waals surface area contributed by atoms with Gasteiger partial charge >= 0.3 is 0 Å². The number of rotatable bonds is 5. The predicted molar refractivity (Wildman–Crippen MR) is 87.9 cm³/mol. The number of carbonyl (C=O) groups is 1. The molecule has 1 N–H and O–H groups in total. The van der Waals surface area contributed by atoms with E-state index in [1.54, 1.807) is 0 Å². The molecule has 116 valence electrons. The summed E-state index contributed by atoms with van der Waals surface area (Å²) in [6.07, 6.45) is 5.84. The molecular formula is C17H25ClN2O. The number of likely N-dealkylation sites (N-methyl/N-ethyl adjacent to an activating group) is 1. The van der Waals surface area contributed by atoms with Crippen molar-refractivity contribution >= 4 is 18.3 Å². The van der Waals surface area contributed by atoms with Crippen molar-refractivity contribution < 1.29 is 4.79 Å². The predicted octanol–water partition coefficient (Wildman–Crippen LogP) is 2.42. The first-order chi connectivity index (χ1) is 9.74. The monoisotopic (exact) mass is 308 g/mol. The molecule has 1 amide bonds. The Labute approximate surface area is 133 Å². The lowest BCUT2D eigenvalue weighted by Gasteiger charge is -2.32. The summed E-state index contributed by atoms with van der Waals surface area (Å²) in [5.74, 6) is 1.06. The quantitative estimate of drug-likeness (QED) is 0.906. The first-order valence-electron chi connectivity index (χ1n) is 7.77. The van der Waals surface area contributed by atoms with Crippen LogP contribution in [0.2, 0.25) is 0 Å². The Bertz CT molecular complexity index is 487. The smallest absolute Gasteiger partial charge is 0.236 e. The average Bonchev–Trinajstić information content (AvgIpc) is 3.30. The Balaban J connectivity index is 0.00000161. The van der Waals surface area contributed by atoms with Crippen molar-refractivity contribution in [3.8, 4) is 0 Å². The van der Waals surface area contributed by atoms with Gasteiger partial charge in [0, 0.05) is 13.1 Å². The van der Waals surface area contributed by atoms with Crippen LogP contribution in [0, 0.1) is 5.92 Å². The van der Waals surface area contributed by atoms with E-state index in [0.29, 0.717) is 12.6 Å². The number of benzene rings is 1. The third-order valence-electron chi connectivity index (χ3n) is 4.67. The maximum Gasteiger partial charge on any atom is 0.236 e. The normalized spacial score (nSPS) is 20.3. The van der Waals surface area contributed by atoms with Gasteiger partial charge in [0.1, 0.15) is 0 Å². The summed E-state index contributed by atoms with van der Waals surface area (Å²) in [6.45, 7) is 1.50. The number of nitrogens with one attached hydrogen (secondary N) is 1. The summed E-state index contributed by atoms with van der Waals surface area (Å²) in [6, 6.07) is 8.98. The van der Waals surface area contributed by atoms with Crippen molar-refractivity contribution in [2.24, 2.45) is 5.92 Å². The second-order valence-electron chi connectivity index (χ2n) is 6.24. The van der Waals surface area contributed by atoms with Crippen LogP contribution in [-0.4, -0.2) is 37.0 Å². The number of hydrogen-bond acceptors (Lipinski definition) is 2. The molecule has 4 heteroatoms. The van der Waals surface area contributed by atoms with Crippen molar-refractivity contribution in [3.05, 3.63) is 35.4 Å². The zero-order chi connectivity index (χ0) is 13.9. The van der Waals surface area contributed by atoms with Crippen LogP contribution >= 0.6 is 12.4 Å². The summed E-state index contributed by atoms with van der Waals surface area (Å²) < 4.78 is 0. The van der Waals surface area contributed by atoms with Crippen LogP contribution in [0.5, 0.6) is 0 Å². The maximum atomic E-state index is 12.2. The molecule has 0 aliphatic heterocycles. The van der Waals surface area contributed by atoms with Crippen molar-refractivity contribution in [1.82, 2.24) is 10.2 Å². The van der Waals surface area contributed by atoms with E-state index in [1.807, 2.05) is 11.9 Å². The second-order valence-corrected chi connectivity index (χ2v) is 6.24. The number of nitrogens with zero attached hydrogens (tertiary/aromatic N) is 1. The van der Waals surface area contributed by atoms with Crippen LogP contribution in [-0.2, 0) is 17.6 Å². The molecule has 0 aromatic heterocycles. The molecule has 3 rings (SSSR count). The fraction of sp³-hybridized carbons (Fsp3) is 0.588. The zero-order valence-electron chi connectivity index (χ0n) is 12.7. The zero-order valence-corrected chi connectivity index (χ0v) is 13.5. The van der Waals surface area contributed by atoms with E-state index in [0.717, 1.165) is 31.7 Å². The lowest BCUT2D eigenvalue weighted by Crippen LogP contribution is -2.44. The number of amides is 1. The van der Waals surface area contributed by atoms with E-state index in [1.165, 1.54) is 24.0 Å². The SMILES string of the molecule is CN(C(=O)CNCC1CC1)C1CCc2ccccc2C1.Cl. The molecule has 0 heterocycles. The summed E-state index contributed by atoms with van der Waals surface area (Å²) in [4.78, 5) is 14.2. The number of halogens is 1. The molecule has 1 aromatic rings. The third-order valence-corrected chi connectivity index (χ3v) is 4.67. The second kappa shape index (κ2) is 7.28. The van der Waals surface area contributed by atoms with Crippen molar-refractivity contribution in [2.75, 3.05) is 20.1 Å². The molecule has 1 atom stereocenters. The fourth-order valence-corrected chi connectivity index (χ4v) is 3.04. The molecule has 1 aromatic carbocycles. The summed E-state index contributed by atoms with van der Waals surface area (Å²) >= 11 is 0. The van der Waals surface area contributed by atoms with Gasteiger partial charge in [-0.2, -0.15) is 0 Å². The molecule has 0 bridgehead atoms. The average molecular weight is 309 g/mol. The van der Waals surface area contributed by atoms with Gasteiger partial charge in [-0.05, 0) is 55.7 Å². The van der Waals surface area contributed by atoms with Crippen LogP contribution in [0.15, 0.2) is 24.3 Å². The number of carbonyl (C=O) groups excluding carboxylic acids is 1. The van der Waals surface area contributed by atoms with Crippen molar-refractivity contribution in [3.63, 3.8) is 0 Å². The van der Waals surface area contributed by atoms with Crippen molar-refractivity contribution in [2.45, 2.75) is 38.1 Å². The maximum absolute atomic E-state index is 12.2. The van der Waals surface area contributed by atoms with E-state index < -0.39 is 0 Å². The largest absolute Gasteiger partial charge is 0.341 e. The van der Waals surface area contributed by atoms with Crippen LogP contribution in [0.25, 0.3) is 0 Å². The molecule has 1 saturated carbocycles. The van der Waals surface area contributed by atoms with Crippen molar-refractivity contribution in [1.29, 1.82) is 0 Å². The van der Waals surface area contributed by atoms with Gasteiger partial charge in [-0.15, -0.1) is 12.4 Å². The Hall–Kier alpha value is -1.06. The molecule has 1 unspecified atom stereocenters. The van der Waals surface area contributed by atoms with E-state index in [9.17, 15) is 4.79 Å². The minimum atomic E-state index is 0. The first kappa shape index (κ1) is 16.3. The third kappa shape index (κ3) is 4.21. The highest BCUT2D eigenvalue weighted by atomic mass is 35.5. The van der Waals surface area contributed by atoms with E-state index in [-0.39, 0.29) is 18.3 Å². The highest BCUT2D eigenvalue weighted by Crippen LogP contribution is 2.27. The molecule has 0 spiro atoms. The van der Waals surface area contributed by atoms with Gasteiger partial charge in [-0.1, -0.05) is 24.3 Å². The summed E-state index contributed by atoms with van der Waals surface area (Å²) in [5, 5.41) is 3.30. The Morgan fingerprint density at radius 2 is 1.95 bits per heavy atom. The van der Waals surface area contributed by atoms with Gasteiger partial charge in [0.15, 0.2) is 0 Å².